The quantitative estimate of drug-likeness (QED) is 0.745. The highest BCUT2D eigenvalue weighted by molar-refractivity contribution is 7.98. The highest BCUT2D eigenvalue weighted by Crippen LogP contribution is 2.34. The highest BCUT2D eigenvalue weighted by atomic mass is 35.5. The summed E-state index contributed by atoms with van der Waals surface area (Å²) in [6.45, 7) is 0. The lowest BCUT2D eigenvalue weighted by Crippen LogP contribution is -1.98. The van der Waals surface area contributed by atoms with Gasteiger partial charge in [0.15, 0.2) is 5.82 Å². The maximum absolute atomic E-state index is 13.2. The molecule has 2 aromatic rings. The smallest absolute Gasteiger partial charge is 0.161 e. The molecule has 6 heteroatoms. The first-order valence-corrected chi connectivity index (χ1v) is 6.76. The Kier molecular flexibility index (Phi) is 2.95. The van der Waals surface area contributed by atoms with E-state index in [0.29, 0.717) is 10.7 Å². The average Bonchev–Trinajstić information content (AvgIpc) is 2.76. The van der Waals surface area contributed by atoms with E-state index in [1.165, 1.54) is 12.1 Å². The predicted octanol–water partition coefficient (Wildman–Crippen LogP) is 3.82. The summed E-state index contributed by atoms with van der Waals surface area (Å²) in [5.41, 5.74) is 2.07. The highest BCUT2D eigenvalue weighted by Gasteiger charge is 2.19. The molecule has 1 aromatic carbocycles. The molecule has 0 fully saturated rings. The lowest BCUT2D eigenvalue weighted by molar-refractivity contribution is 0.584. The van der Waals surface area contributed by atoms with Gasteiger partial charge in [0.2, 0.25) is 0 Å². The van der Waals surface area contributed by atoms with E-state index in [1.54, 1.807) is 11.8 Å². The molecule has 2 heterocycles. The summed E-state index contributed by atoms with van der Waals surface area (Å²) in [5, 5.41) is 0.365. The van der Waals surface area contributed by atoms with Crippen LogP contribution in [-0.2, 0) is 11.5 Å². The molecule has 92 valence electrons. The van der Waals surface area contributed by atoms with Gasteiger partial charge >= 0.3 is 0 Å². The van der Waals surface area contributed by atoms with E-state index in [4.69, 9.17) is 11.6 Å². The van der Waals surface area contributed by atoms with Gasteiger partial charge in [-0.25, -0.2) is 18.7 Å². The molecule has 0 unspecified atom stereocenters. The van der Waals surface area contributed by atoms with Crippen molar-refractivity contribution < 1.29 is 8.78 Å². The fourth-order valence-electron chi connectivity index (χ4n) is 1.82. The SMILES string of the molecule is Fc1cc(F)cc(-c2nc(Cl)c3c(n2)CSC3)c1. The third kappa shape index (κ3) is 2.08. The fourth-order valence-corrected chi connectivity index (χ4v) is 3.20. The summed E-state index contributed by atoms with van der Waals surface area (Å²) in [6.07, 6.45) is 0. The van der Waals surface area contributed by atoms with Crippen molar-refractivity contribution in [2.45, 2.75) is 11.5 Å². The number of benzene rings is 1. The second-order valence-corrected chi connectivity index (χ2v) is 5.26. The second-order valence-electron chi connectivity index (χ2n) is 3.91. The molecule has 0 aliphatic carbocycles. The van der Waals surface area contributed by atoms with Crippen molar-refractivity contribution in [1.82, 2.24) is 9.97 Å². The summed E-state index contributed by atoms with van der Waals surface area (Å²) in [5.74, 6) is 0.493. The molecule has 0 bridgehead atoms. The molecule has 18 heavy (non-hydrogen) atoms. The molecular formula is C12H7ClF2N2S. The van der Waals surface area contributed by atoms with E-state index in [1.807, 2.05) is 0 Å². The number of thioether (sulfide) groups is 1. The maximum atomic E-state index is 13.2. The molecule has 1 aliphatic rings. The van der Waals surface area contributed by atoms with Gasteiger partial charge in [-0.05, 0) is 12.1 Å². The molecule has 1 aromatic heterocycles. The fraction of sp³-hybridized carbons (Fsp3) is 0.167. The van der Waals surface area contributed by atoms with Gasteiger partial charge in [0.1, 0.15) is 16.8 Å². The van der Waals surface area contributed by atoms with Crippen LogP contribution in [0.1, 0.15) is 11.3 Å². The molecule has 0 atom stereocenters. The number of hydrogen-bond acceptors (Lipinski definition) is 3. The van der Waals surface area contributed by atoms with Crippen LogP contribution >= 0.6 is 23.4 Å². The number of hydrogen-bond donors (Lipinski definition) is 0. The first kappa shape index (κ1) is 11.9. The molecule has 0 amide bonds. The van der Waals surface area contributed by atoms with Crippen molar-refractivity contribution in [3.63, 3.8) is 0 Å². The average molecular weight is 285 g/mol. The molecule has 2 nitrogen and oxygen atoms in total. The maximum Gasteiger partial charge on any atom is 0.161 e. The Bertz CT molecular complexity index is 613. The monoisotopic (exact) mass is 284 g/mol. The van der Waals surface area contributed by atoms with E-state index in [-0.39, 0.29) is 5.82 Å². The zero-order chi connectivity index (χ0) is 12.7. The molecular weight excluding hydrogens is 278 g/mol. The van der Waals surface area contributed by atoms with Gasteiger partial charge in [-0.2, -0.15) is 11.8 Å². The molecule has 0 radical (unpaired) electrons. The molecule has 0 N–H and O–H groups in total. The minimum atomic E-state index is -0.653. The van der Waals surface area contributed by atoms with Crippen LogP contribution in [-0.4, -0.2) is 9.97 Å². The zero-order valence-corrected chi connectivity index (χ0v) is 10.7. The van der Waals surface area contributed by atoms with Crippen molar-refractivity contribution in [3.8, 4) is 11.4 Å². The number of rotatable bonds is 1. The lowest BCUT2D eigenvalue weighted by atomic mass is 10.2. The number of halogens is 3. The standard InChI is InChI=1S/C12H7ClF2N2S/c13-11-9-4-18-5-10(9)16-12(17-11)6-1-7(14)3-8(15)2-6/h1-3H,4-5H2. The van der Waals surface area contributed by atoms with Gasteiger partial charge in [0.05, 0.1) is 5.69 Å². The van der Waals surface area contributed by atoms with Crippen molar-refractivity contribution in [2.75, 3.05) is 0 Å². The largest absolute Gasteiger partial charge is 0.232 e. The van der Waals surface area contributed by atoms with Crippen LogP contribution in [0.15, 0.2) is 18.2 Å². The van der Waals surface area contributed by atoms with Gasteiger partial charge in [0.25, 0.3) is 0 Å². The van der Waals surface area contributed by atoms with Crippen molar-refractivity contribution in [1.29, 1.82) is 0 Å². The topological polar surface area (TPSA) is 25.8 Å². The van der Waals surface area contributed by atoms with Gasteiger partial charge in [-0.1, -0.05) is 11.6 Å². The Labute approximate surface area is 111 Å². The molecule has 0 spiro atoms. The summed E-state index contributed by atoms with van der Waals surface area (Å²) < 4.78 is 26.3. The Morgan fingerprint density at radius 3 is 2.50 bits per heavy atom. The summed E-state index contributed by atoms with van der Waals surface area (Å²) in [7, 11) is 0. The van der Waals surface area contributed by atoms with Crippen LogP contribution in [0.2, 0.25) is 5.15 Å². The van der Waals surface area contributed by atoms with Crippen molar-refractivity contribution in [2.24, 2.45) is 0 Å². The van der Waals surface area contributed by atoms with Gasteiger partial charge in [-0.3, -0.25) is 0 Å². The molecule has 3 rings (SSSR count). The van der Waals surface area contributed by atoms with Crippen LogP contribution in [0, 0.1) is 11.6 Å². The Morgan fingerprint density at radius 2 is 1.78 bits per heavy atom. The number of fused-ring (bicyclic) bond motifs is 1. The minimum absolute atomic E-state index is 0.264. The van der Waals surface area contributed by atoms with E-state index >= 15 is 0 Å². The van der Waals surface area contributed by atoms with Crippen LogP contribution in [0.25, 0.3) is 11.4 Å². The third-order valence-electron chi connectivity index (χ3n) is 2.65. The zero-order valence-electron chi connectivity index (χ0n) is 9.08. The summed E-state index contributed by atoms with van der Waals surface area (Å²) in [4.78, 5) is 8.42. The Morgan fingerprint density at radius 1 is 1.06 bits per heavy atom. The van der Waals surface area contributed by atoms with Crippen molar-refractivity contribution >= 4 is 23.4 Å². The third-order valence-corrected chi connectivity index (χ3v) is 3.93. The van der Waals surface area contributed by atoms with Crippen LogP contribution in [0.5, 0.6) is 0 Å². The predicted molar refractivity (Wildman–Crippen MR) is 67.4 cm³/mol. The van der Waals surface area contributed by atoms with E-state index in [9.17, 15) is 8.78 Å². The van der Waals surface area contributed by atoms with E-state index < -0.39 is 11.6 Å². The first-order chi connectivity index (χ1) is 8.63. The van der Waals surface area contributed by atoms with Crippen molar-refractivity contribution in [3.05, 3.63) is 46.2 Å². The van der Waals surface area contributed by atoms with Gasteiger partial charge in [-0.15, -0.1) is 0 Å². The summed E-state index contributed by atoms with van der Waals surface area (Å²) >= 11 is 7.74. The number of aromatic nitrogens is 2. The molecule has 0 saturated heterocycles. The minimum Gasteiger partial charge on any atom is -0.232 e. The second kappa shape index (κ2) is 4.48. The van der Waals surface area contributed by atoms with E-state index in [0.717, 1.165) is 28.8 Å². The van der Waals surface area contributed by atoms with Gasteiger partial charge < -0.3 is 0 Å². The summed E-state index contributed by atoms with van der Waals surface area (Å²) in [6, 6.07) is 3.21. The molecule has 0 saturated carbocycles. The van der Waals surface area contributed by atoms with Crippen LogP contribution in [0.3, 0.4) is 0 Å². The normalized spacial score (nSPS) is 13.7. The van der Waals surface area contributed by atoms with E-state index in [2.05, 4.69) is 9.97 Å². The Hall–Kier alpha value is -1.20. The lowest BCUT2D eigenvalue weighted by Gasteiger charge is -2.05. The number of nitrogens with zero attached hydrogens (tertiary/aromatic N) is 2. The first-order valence-electron chi connectivity index (χ1n) is 5.23. The van der Waals surface area contributed by atoms with Gasteiger partial charge in [0, 0.05) is 28.7 Å². The van der Waals surface area contributed by atoms with Crippen LogP contribution < -0.4 is 0 Å². The Balaban J connectivity index is 2.15. The van der Waals surface area contributed by atoms with Crippen LogP contribution in [0.4, 0.5) is 8.78 Å². The molecule has 1 aliphatic heterocycles.